The number of amides is 2. The zero-order valence-electron chi connectivity index (χ0n) is 50.0. The molecule has 1 saturated heterocycles. The molecular formula is C69H88N6O9S2. The van der Waals surface area contributed by atoms with Gasteiger partial charge in [-0.1, -0.05) is 72.6 Å². The molecule has 14 aliphatic rings. The molecule has 9 aliphatic carbocycles. The summed E-state index contributed by atoms with van der Waals surface area (Å²) in [5.41, 5.74) is 4.23. The Morgan fingerprint density at radius 2 is 1.74 bits per heavy atom. The van der Waals surface area contributed by atoms with E-state index in [-0.39, 0.29) is 108 Å². The van der Waals surface area contributed by atoms with Crippen molar-refractivity contribution < 1.29 is 44.0 Å². The number of nitrogens with one attached hydrogen (secondary N) is 4. The molecule has 9 bridgehead atoms. The standard InChI is InChI=1S/C69H88N6O9S2/c1-2-68(23-3-4-24-68)32-54-51-15-14-49-48-21-25-69(62(49)61(51)66(81)83-54)55-18-16-50(47-13-11-39-27-41(36-77)28-40(35-76)7-5-9-43(47)29-39)65(74-53-17-12-42-8-6-10-45(59(42)64(53)80)30-46-33-70-37-72-46)86-85-38-73-56-31-44(22-26-71-56)52(60(48)63(69)67(82)84-55)34-75-57(78)19-20-58(75)79/h18-20,22,31-33,37,39-43,45,47-50,52-53,59,62,64-65,71,73-74,76-77,80H,2-4,6,8-17,21,23-30,34-36,38H2,1H3,(H,70,72)/b54-32-,55-18-/t39-,40+,41+,42-,43-,45-,47-,48-,49-,50-,52-,53+,59+,62+,64+,65-,69-/m0/s1. The lowest BCUT2D eigenvalue weighted by atomic mass is 9.43. The number of hydrogen-bond donors (Lipinski definition) is 7. The zero-order chi connectivity index (χ0) is 58.8. The zero-order valence-corrected chi connectivity index (χ0v) is 51.6. The molecule has 0 radical (unpaired) electrons. The first-order valence-corrected chi connectivity index (χ1v) is 35.5. The van der Waals surface area contributed by atoms with Gasteiger partial charge in [0.25, 0.3) is 11.8 Å². The van der Waals surface area contributed by atoms with Crippen LogP contribution in [0, 0.1) is 99.6 Å². The van der Waals surface area contributed by atoms with Gasteiger partial charge in [-0.3, -0.25) is 19.8 Å². The van der Waals surface area contributed by atoms with Gasteiger partial charge in [-0.25, -0.2) is 14.6 Å². The van der Waals surface area contributed by atoms with Crippen LogP contribution in [0.3, 0.4) is 0 Å². The average Bonchev–Trinajstić information content (AvgIpc) is 1.35. The van der Waals surface area contributed by atoms with Crippen molar-refractivity contribution in [1.29, 1.82) is 0 Å². The first-order chi connectivity index (χ1) is 42.0. The maximum absolute atomic E-state index is 15.8. The fourth-order valence-electron chi connectivity index (χ4n) is 20.1. The summed E-state index contributed by atoms with van der Waals surface area (Å²) in [5, 5.41) is 45.7. The largest absolute Gasteiger partial charge is 0.427 e. The minimum Gasteiger partial charge on any atom is -0.427 e. The van der Waals surface area contributed by atoms with Gasteiger partial charge >= 0.3 is 11.9 Å². The maximum atomic E-state index is 15.8. The number of rotatable bonds is 11. The van der Waals surface area contributed by atoms with E-state index in [0.717, 1.165) is 137 Å². The maximum Gasteiger partial charge on any atom is 0.340 e. The second-order valence-corrected chi connectivity index (χ2v) is 30.7. The van der Waals surface area contributed by atoms with Gasteiger partial charge < -0.3 is 40.4 Å². The molecule has 17 atom stereocenters. The molecule has 6 heterocycles. The van der Waals surface area contributed by atoms with E-state index in [1.807, 2.05) is 17.0 Å². The average molecular weight is 1210 g/mol. The van der Waals surface area contributed by atoms with Crippen molar-refractivity contribution in [2.75, 3.05) is 32.2 Å². The molecule has 2 amide bonds. The summed E-state index contributed by atoms with van der Waals surface area (Å²) in [5.74, 6) is 8.83. The van der Waals surface area contributed by atoms with E-state index in [1.165, 1.54) is 17.1 Å². The Kier molecular flexibility index (Phi) is 16.8. The van der Waals surface area contributed by atoms with Crippen LogP contribution in [-0.4, -0.2) is 104 Å². The van der Waals surface area contributed by atoms with Gasteiger partial charge in [0, 0.05) is 85.1 Å². The molecule has 1 spiro atoms. The van der Waals surface area contributed by atoms with Gasteiger partial charge in [-0.15, -0.1) is 5.92 Å². The molecule has 15 rings (SSSR count). The number of hydrogen-bond acceptors (Lipinski definition) is 15. The lowest BCUT2D eigenvalue weighted by Crippen LogP contribution is -2.56. The van der Waals surface area contributed by atoms with E-state index in [1.54, 1.807) is 17.1 Å². The van der Waals surface area contributed by atoms with E-state index in [0.29, 0.717) is 84.9 Å². The Morgan fingerprint density at radius 3 is 2.55 bits per heavy atom. The molecule has 0 unspecified atom stereocenters. The molecule has 86 heavy (non-hydrogen) atoms. The van der Waals surface area contributed by atoms with E-state index < -0.39 is 23.4 Å². The highest BCUT2D eigenvalue weighted by atomic mass is 33.1. The molecular weight excluding hydrogens is 1120 g/mol. The highest BCUT2D eigenvalue weighted by Crippen LogP contribution is 2.72. The van der Waals surface area contributed by atoms with Crippen LogP contribution >= 0.6 is 21.6 Å². The van der Waals surface area contributed by atoms with Gasteiger partial charge in [0.05, 0.1) is 47.1 Å². The van der Waals surface area contributed by atoms with Crippen LogP contribution in [0.5, 0.6) is 0 Å². The number of aromatic nitrogens is 2. The number of nitrogens with zero attached hydrogens (tertiary/aromatic N) is 2. The fourth-order valence-corrected chi connectivity index (χ4v) is 22.6. The van der Waals surface area contributed by atoms with Crippen molar-refractivity contribution in [1.82, 2.24) is 30.8 Å². The third kappa shape index (κ3) is 10.6. The number of esters is 2. The number of aromatic amines is 1. The number of imide groups is 1. The number of ether oxygens (including phenoxy) is 2. The Bertz CT molecular complexity index is 3110. The summed E-state index contributed by atoms with van der Waals surface area (Å²) in [4.78, 5) is 67.4. The minimum absolute atomic E-state index is 0.0287. The summed E-state index contributed by atoms with van der Waals surface area (Å²) < 4.78 is 13.5. The van der Waals surface area contributed by atoms with Crippen molar-refractivity contribution in [3.63, 3.8) is 0 Å². The van der Waals surface area contributed by atoms with E-state index in [2.05, 4.69) is 69.0 Å². The molecule has 5 saturated carbocycles. The molecule has 460 valence electrons. The SMILES string of the molecule is CCC1(/C=C2\OC(=O)C3=C2CC[C@H]2[C@@H]4CC[C@@]5(C6=C4[C@@H](CN4C(=O)C=CC4=O)C4=CCNC(=C4)NCSS[C@H](N[C@@H]4CC[C@@H]7CCC[C@@H](Cc8cnc[nH]8)[C@@H]7[C@@H]4O)[C@H]([C@H]4CC[C@H]7C[C@@H](CO)C[C@H](CO)C#CC[C@H]4C7)C/C=C/5OC6=O)[C@@H]32)CCCC1. The fraction of sp³-hybridized carbons (Fsp3) is 0.667. The van der Waals surface area contributed by atoms with Crippen molar-refractivity contribution in [2.24, 2.45) is 87.8 Å². The number of carbonyl (C=O) groups excluding carboxylic acids is 4. The topological polar surface area (TPSA) is 215 Å². The molecule has 15 nitrogen and oxygen atoms in total. The first-order valence-electron chi connectivity index (χ1n) is 33.1. The number of allylic oxidation sites excluding steroid dienone is 5. The number of dihydropyridines is 1. The first kappa shape index (κ1) is 58.8. The Labute approximate surface area is 514 Å². The second kappa shape index (κ2) is 24.5. The van der Waals surface area contributed by atoms with E-state index in [4.69, 9.17) is 9.47 Å². The van der Waals surface area contributed by atoms with Gasteiger partial charge in [-0.2, -0.15) is 0 Å². The smallest absolute Gasteiger partial charge is 0.340 e. The lowest BCUT2D eigenvalue weighted by Gasteiger charge is -2.57. The number of aliphatic hydroxyl groups excluding tert-OH is 3. The number of H-pyrrole nitrogens is 1. The molecule has 5 aliphatic heterocycles. The van der Waals surface area contributed by atoms with Crippen molar-refractivity contribution in [3.05, 3.63) is 99.9 Å². The van der Waals surface area contributed by atoms with Crippen molar-refractivity contribution >= 4 is 45.3 Å². The quantitative estimate of drug-likeness (QED) is 0.0475. The molecule has 7 N–H and O–H groups in total. The Morgan fingerprint density at radius 1 is 0.884 bits per heavy atom. The summed E-state index contributed by atoms with van der Waals surface area (Å²) in [6.07, 6.45) is 34.8. The van der Waals surface area contributed by atoms with Crippen LogP contribution in [-0.2, 0) is 35.1 Å². The third-order valence-corrected chi connectivity index (χ3v) is 26.5. The number of fused-ring (bicyclic) bond motifs is 5. The van der Waals surface area contributed by atoms with Crippen LogP contribution in [0.15, 0.2) is 94.2 Å². The van der Waals surface area contributed by atoms with E-state index >= 15 is 9.59 Å². The lowest BCUT2D eigenvalue weighted by molar-refractivity contribution is -0.138. The summed E-state index contributed by atoms with van der Waals surface area (Å²) in [6.45, 7) is 2.86. The summed E-state index contributed by atoms with van der Waals surface area (Å²) >= 11 is 0. The predicted molar refractivity (Wildman–Crippen MR) is 329 cm³/mol. The summed E-state index contributed by atoms with van der Waals surface area (Å²) in [7, 11) is 3.59. The Hall–Kier alpha value is -4.83. The highest BCUT2D eigenvalue weighted by Gasteiger charge is 2.69. The van der Waals surface area contributed by atoms with Gasteiger partial charge in [0.15, 0.2) is 0 Å². The van der Waals surface area contributed by atoms with Crippen molar-refractivity contribution in [2.45, 2.75) is 166 Å². The third-order valence-electron chi connectivity index (χ3n) is 24.0. The second-order valence-electron chi connectivity index (χ2n) is 28.1. The normalized spacial score (nSPS) is 40.3. The minimum atomic E-state index is -1.02. The molecule has 1 aromatic rings. The van der Waals surface area contributed by atoms with Crippen LogP contribution in [0.1, 0.15) is 147 Å². The van der Waals surface area contributed by atoms with Crippen LogP contribution < -0.4 is 16.0 Å². The number of cyclic esters (lactones) is 1. The summed E-state index contributed by atoms with van der Waals surface area (Å²) in [6, 6.07) is -0.160. The molecule has 0 aromatic carbocycles. The number of imidazole rings is 1. The number of carbonyl (C=O) groups is 4. The van der Waals surface area contributed by atoms with Gasteiger partial charge in [0.1, 0.15) is 11.5 Å². The molecule has 6 fully saturated rings. The molecule has 17 heteroatoms. The molecule has 1 aromatic heterocycles. The monoisotopic (exact) mass is 1210 g/mol. The predicted octanol–water partition coefficient (Wildman–Crippen LogP) is 9.60. The van der Waals surface area contributed by atoms with Gasteiger partial charge in [-0.05, 0) is 197 Å². The van der Waals surface area contributed by atoms with Crippen LogP contribution in [0.2, 0.25) is 0 Å². The Balaban J connectivity index is 0.917. The van der Waals surface area contributed by atoms with E-state index in [9.17, 15) is 24.9 Å². The highest BCUT2D eigenvalue weighted by molar-refractivity contribution is 8.76. The van der Waals surface area contributed by atoms with Crippen LogP contribution in [0.25, 0.3) is 0 Å². The number of aliphatic hydroxyl groups is 3. The van der Waals surface area contributed by atoms with Crippen LogP contribution in [0.4, 0.5) is 0 Å². The van der Waals surface area contributed by atoms with Gasteiger partial charge in [0.2, 0.25) is 0 Å². The van der Waals surface area contributed by atoms with Crippen molar-refractivity contribution in [3.8, 4) is 11.8 Å².